The van der Waals surface area contributed by atoms with Gasteiger partial charge in [0.05, 0.1) is 6.10 Å². The van der Waals surface area contributed by atoms with E-state index in [0.29, 0.717) is 11.0 Å². The number of hydrogen-bond acceptors (Lipinski definition) is 3. The van der Waals surface area contributed by atoms with Crippen molar-refractivity contribution in [2.24, 2.45) is 11.1 Å². The van der Waals surface area contributed by atoms with Gasteiger partial charge in [-0.2, -0.15) is 0 Å². The Hall–Kier alpha value is -1.55. The Balaban J connectivity index is 1.61. The molecule has 4 heteroatoms. The lowest BCUT2D eigenvalue weighted by atomic mass is 9.67. The van der Waals surface area contributed by atoms with Crippen LogP contribution in [-0.2, 0) is 0 Å². The highest BCUT2D eigenvalue weighted by atomic mass is 16.3. The van der Waals surface area contributed by atoms with E-state index in [-0.39, 0.29) is 12.0 Å². The molecule has 2 fully saturated rings. The maximum Gasteiger partial charge on any atom is 0.248 e. The fourth-order valence-electron chi connectivity index (χ4n) is 3.79. The number of aliphatic hydroxyl groups is 1. The van der Waals surface area contributed by atoms with Crippen LogP contribution in [0.5, 0.6) is 0 Å². The molecule has 0 aromatic heterocycles. The molecule has 114 valence electrons. The lowest BCUT2D eigenvalue weighted by molar-refractivity contribution is 0.0478. The van der Waals surface area contributed by atoms with Crippen molar-refractivity contribution in [2.45, 2.75) is 44.6 Å². The summed E-state index contributed by atoms with van der Waals surface area (Å²) in [6.45, 7) is 2.12. The number of rotatable bonds is 2. The first kappa shape index (κ1) is 14.4. The fraction of sp³-hybridized carbons (Fsp3) is 0.588. The molecule has 2 aliphatic rings. The predicted molar refractivity (Wildman–Crippen MR) is 83.3 cm³/mol. The third-order valence-corrected chi connectivity index (χ3v) is 5.36. The van der Waals surface area contributed by atoms with Crippen LogP contribution < -0.4 is 10.6 Å². The number of nitrogens with zero attached hydrogens (tertiary/aromatic N) is 1. The second-order valence-corrected chi connectivity index (χ2v) is 6.63. The van der Waals surface area contributed by atoms with Gasteiger partial charge in [-0.1, -0.05) is 0 Å². The highest BCUT2D eigenvalue weighted by Gasteiger charge is 2.37. The standard InChI is InChI=1S/C17H24N2O2/c18-16(21)13-1-3-14(4-2-13)19-11-9-17(10-12-19)7-5-15(20)6-8-17/h1-4,15,20H,5-12H2,(H2,18,21). The number of benzene rings is 1. The number of anilines is 1. The minimum absolute atomic E-state index is 0.0741. The van der Waals surface area contributed by atoms with Gasteiger partial charge in [0.2, 0.25) is 5.91 Å². The molecule has 0 unspecified atom stereocenters. The highest BCUT2D eigenvalue weighted by Crippen LogP contribution is 2.45. The van der Waals surface area contributed by atoms with Crippen LogP contribution in [0.1, 0.15) is 48.9 Å². The molecular formula is C17H24N2O2. The summed E-state index contributed by atoms with van der Waals surface area (Å²) in [5.41, 5.74) is 7.47. The Morgan fingerprint density at radius 1 is 1.10 bits per heavy atom. The van der Waals surface area contributed by atoms with Crippen LogP contribution in [0, 0.1) is 5.41 Å². The largest absolute Gasteiger partial charge is 0.393 e. The summed E-state index contributed by atoms with van der Waals surface area (Å²) in [5.74, 6) is -0.375. The van der Waals surface area contributed by atoms with Crippen molar-refractivity contribution in [2.75, 3.05) is 18.0 Å². The van der Waals surface area contributed by atoms with E-state index in [2.05, 4.69) is 4.90 Å². The molecule has 1 saturated carbocycles. The average Bonchev–Trinajstić information content (AvgIpc) is 2.51. The molecule has 3 rings (SSSR count). The normalized spacial score (nSPS) is 22.4. The first-order chi connectivity index (χ1) is 10.1. The maximum atomic E-state index is 11.1. The third kappa shape index (κ3) is 3.05. The van der Waals surface area contributed by atoms with Gasteiger partial charge in [0.25, 0.3) is 0 Å². The minimum atomic E-state index is -0.375. The molecule has 0 radical (unpaired) electrons. The van der Waals surface area contributed by atoms with E-state index in [9.17, 15) is 9.90 Å². The quantitative estimate of drug-likeness (QED) is 0.877. The van der Waals surface area contributed by atoms with Crippen LogP contribution in [-0.4, -0.2) is 30.2 Å². The van der Waals surface area contributed by atoms with Crippen LogP contribution in [0.3, 0.4) is 0 Å². The van der Waals surface area contributed by atoms with Gasteiger partial charge in [0, 0.05) is 24.3 Å². The van der Waals surface area contributed by atoms with Crippen LogP contribution in [0.25, 0.3) is 0 Å². The summed E-state index contributed by atoms with van der Waals surface area (Å²) >= 11 is 0. The molecule has 1 aromatic carbocycles. The van der Waals surface area contributed by atoms with Gasteiger partial charge in [-0.25, -0.2) is 0 Å². The van der Waals surface area contributed by atoms with Gasteiger partial charge in [-0.05, 0) is 68.2 Å². The van der Waals surface area contributed by atoms with Crippen molar-refractivity contribution in [1.82, 2.24) is 0 Å². The van der Waals surface area contributed by atoms with E-state index >= 15 is 0 Å². The summed E-state index contributed by atoms with van der Waals surface area (Å²) in [4.78, 5) is 13.5. The Bertz CT molecular complexity index is 494. The van der Waals surface area contributed by atoms with Crippen molar-refractivity contribution in [3.63, 3.8) is 0 Å². The molecule has 1 amide bonds. The predicted octanol–water partition coefficient (Wildman–Crippen LogP) is 2.31. The molecule has 21 heavy (non-hydrogen) atoms. The van der Waals surface area contributed by atoms with Crippen molar-refractivity contribution in [3.8, 4) is 0 Å². The summed E-state index contributed by atoms with van der Waals surface area (Å²) in [5, 5.41) is 9.68. The van der Waals surface area contributed by atoms with Gasteiger partial charge < -0.3 is 15.7 Å². The highest BCUT2D eigenvalue weighted by molar-refractivity contribution is 5.93. The number of amides is 1. The molecular weight excluding hydrogens is 264 g/mol. The second-order valence-electron chi connectivity index (χ2n) is 6.63. The lowest BCUT2D eigenvalue weighted by Crippen LogP contribution is -2.42. The fourth-order valence-corrected chi connectivity index (χ4v) is 3.79. The van der Waals surface area contributed by atoms with E-state index in [1.165, 1.54) is 31.4 Å². The molecule has 3 N–H and O–H groups in total. The van der Waals surface area contributed by atoms with Gasteiger partial charge in [-0.3, -0.25) is 4.79 Å². The summed E-state index contributed by atoms with van der Waals surface area (Å²) in [7, 11) is 0. The second kappa shape index (κ2) is 5.68. The molecule has 1 aliphatic heterocycles. The molecule has 4 nitrogen and oxygen atoms in total. The Kier molecular flexibility index (Phi) is 3.89. The van der Waals surface area contributed by atoms with Crippen molar-refractivity contribution in [3.05, 3.63) is 29.8 Å². The topological polar surface area (TPSA) is 66.6 Å². The van der Waals surface area contributed by atoms with Crippen molar-refractivity contribution in [1.29, 1.82) is 0 Å². The summed E-state index contributed by atoms with van der Waals surface area (Å²) in [6.07, 6.45) is 6.61. The molecule has 0 bridgehead atoms. The van der Waals surface area contributed by atoms with Crippen molar-refractivity contribution < 1.29 is 9.90 Å². The number of aliphatic hydroxyl groups excluding tert-OH is 1. The minimum Gasteiger partial charge on any atom is -0.393 e. The van der Waals surface area contributed by atoms with Gasteiger partial charge in [0.15, 0.2) is 0 Å². The van der Waals surface area contributed by atoms with Crippen LogP contribution in [0.4, 0.5) is 5.69 Å². The van der Waals surface area contributed by atoms with Gasteiger partial charge >= 0.3 is 0 Å². The van der Waals surface area contributed by atoms with Crippen molar-refractivity contribution >= 4 is 11.6 Å². The van der Waals surface area contributed by atoms with E-state index in [1.807, 2.05) is 12.1 Å². The molecule has 1 aromatic rings. The number of nitrogens with two attached hydrogens (primary N) is 1. The Morgan fingerprint density at radius 2 is 1.67 bits per heavy atom. The average molecular weight is 288 g/mol. The summed E-state index contributed by atoms with van der Waals surface area (Å²) < 4.78 is 0. The molecule has 1 spiro atoms. The lowest BCUT2D eigenvalue weighted by Gasteiger charge is -2.46. The zero-order valence-electron chi connectivity index (χ0n) is 12.4. The smallest absolute Gasteiger partial charge is 0.248 e. The van der Waals surface area contributed by atoms with E-state index in [1.54, 1.807) is 12.1 Å². The number of hydrogen-bond donors (Lipinski definition) is 2. The zero-order chi connectivity index (χ0) is 14.9. The molecule has 1 aliphatic carbocycles. The SMILES string of the molecule is NC(=O)c1ccc(N2CCC3(CCC(O)CC3)CC2)cc1. The number of carbonyl (C=O) groups excluding carboxylic acids is 1. The van der Waals surface area contributed by atoms with Crippen LogP contribution in [0.2, 0.25) is 0 Å². The maximum absolute atomic E-state index is 11.1. The monoisotopic (exact) mass is 288 g/mol. The van der Waals surface area contributed by atoms with E-state index in [4.69, 9.17) is 5.73 Å². The van der Waals surface area contributed by atoms with Crippen LogP contribution >= 0.6 is 0 Å². The zero-order valence-corrected chi connectivity index (χ0v) is 12.4. The molecule has 0 atom stereocenters. The summed E-state index contributed by atoms with van der Waals surface area (Å²) in [6, 6.07) is 7.59. The Labute approximate surface area is 125 Å². The number of primary amides is 1. The molecule has 1 saturated heterocycles. The number of piperidine rings is 1. The molecule has 1 heterocycles. The first-order valence-corrected chi connectivity index (χ1v) is 7.91. The van der Waals surface area contributed by atoms with E-state index < -0.39 is 0 Å². The van der Waals surface area contributed by atoms with Crippen LogP contribution in [0.15, 0.2) is 24.3 Å². The van der Waals surface area contributed by atoms with Gasteiger partial charge in [0.1, 0.15) is 0 Å². The first-order valence-electron chi connectivity index (χ1n) is 7.91. The number of carbonyl (C=O) groups is 1. The third-order valence-electron chi connectivity index (χ3n) is 5.36. The van der Waals surface area contributed by atoms with E-state index in [0.717, 1.165) is 25.9 Å². The van der Waals surface area contributed by atoms with Gasteiger partial charge in [-0.15, -0.1) is 0 Å². The Morgan fingerprint density at radius 3 is 2.19 bits per heavy atom.